The first-order chi connectivity index (χ1) is 7.91. The molecule has 6 nitrogen and oxygen atoms in total. The van der Waals surface area contributed by atoms with Gasteiger partial charge in [-0.1, -0.05) is 13.8 Å². The molecule has 0 bridgehead atoms. The van der Waals surface area contributed by atoms with Crippen molar-refractivity contribution in [1.29, 1.82) is 0 Å². The minimum Gasteiger partial charge on any atom is -0.478 e. The molecule has 3 N–H and O–H groups in total. The maximum absolute atomic E-state index is 11.2. The number of carbonyl (C=O) groups is 3. The average Bonchev–Trinajstić information content (AvgIpc) is 2.23. The second-order valence-electron chi connectivity index (χ2n) is 3.91. The second-order valence-corrected chi connectivity index (χ2v) is 3.91. The van der Waals surface area contributed by atoms with E-state index in [0.29, 0.717) is 12.5 Å². The summed E-state index contributed by atoms with van der Waals surface area (Å²) >= 11 is 0. The Bertz CT molecular complexity index is 311. The molecule has 0 aliphatic carbocycles. The van der Waals surface area contributed by atoms with E-state index in [1.807, 2.05) is 13.8 Å². The summed E-state index contributed by atoms with van der Waals surface area (Å²) in [4.78, 5) is 32.3. The van der Waals surface area contributed by atoms with Gasteiger partial charge in [0.05, 0.1) is 0 Å². The van der Waals surface area contributed by atoms with E-state index in [0.717, 1.165) is 12.2 Å². The van der Waals surface area contributed by atoms with Gasteiger partial charge < -0.3 is 15.7 Å². The summed E-state index contributed by atoms with van der Waals surface area (Å²) in [6.07, 6.45) is 1.84. The monoisotopic (exact) mass is 242 g/mol. The van der Waals surface area contributed by atoms with Crippen LogP contribution < -0.4 is 10.6 Å². The van der Waals surface area contributed by atoms with Crippen molar-refractivity contribution in [1.82, 2.24) is 10.6 Å². The third-order valence-electron chi connectivity index (χ3n) is 1.74. The van der Waals surface area contributed by atoms with Crippen molar-refractivity contribution in [3.63, 3.8) is 0 Å². The van der Waals surface area contributed by atoms with E-state index in [1.54, 1.807) is 0 Å². The van der Waals surface area contributed by atoms with Crippen molar-refractivity contribution >= 4 is 17.8 Å². The van der Waals surface area contributed by atoms with Crippen molar-refractivity contribution in [2.24, 2.45) is 5.92 Å². The lowest BCUT2D eigenvalue weighted by Crippen LogP contribution is -2.31. The third kappa shape index (κ3) is 10.4. The molecule has 17 heavy (non-hydrogen) atoms. The van der Waals surface area contributed by atoms with Gasteiger partial charge in [-0.3, -0.25) is 9.59 Å². The predicted molar refractivity (Wildman–Crippen MR) is 62.3 cm³/mol. The van der Waals surface area contributed by atoms with Gasteiger partial charge in [0.25, 0.3) is 0 Å². The highest BCUT2D eigenvalue weighted by molar-refractivity contribution is 5.94. The van der Waals surface area contributed by atoms with Crippen LogP contribution in [0, 0.1) is 5.92 Å². The highest BCUT2D eigenvalue weighted by Crippen LogP contribution is 1.88. The number of carboxylic acids is 1. The van der Waals surface area contributed by atoms with Gasteiger partial charge in [-0.2, -0.15) is 0 Å². The minimum atomic E-state index is -1.19. The van der Waals surface area contributed by atoms with Crippen LogP contribution >= 0.6 is 0 Å². The van der Waals surface area contributed by atoms with E-state index in [2.05, 4.69) is 10.6 Å². The van der Waals surface area contributed by atoms with Gasteiger partial charge in [0.15, 0.2) is 0 Å². The Hall–Kier alpha value is -1.85. The van der Waals surface area contributed by atoms with Crippen LogP contribution in [0.15, 0.2) is 12.2 Å². The maximum atomic E-state index is 11.2. The Kier molecular flexibility index (Phi) is 7.41. The Morgan fingerprint density at radius 3 is 2.35 bits per heavy atom. The maximum Gasteiger partial charge on any atom is 0.328 e. The van der Waals surface area contributed by atoms with E-state index in [9.17, 15) is 14.4 Å². The summed E-state index contributed by atoms with van der Waals surface area (Å²) in [5.74, 6) is -1.47. The lowest BCUT2D eigenvalue weighted by atomic mass is 10.2. The highest BCUT2D eigenvalue weighted by Gasteiger charge is 2.03. The van der Waals surface area contributed by atoms with Crippen LogP contribution in [0.1, 0.15) is 20.3 Å². The number of nitrogens with one attached hydrogen (secondary N) is 2. The fourth-order valence-corrected chi connectivity index (χ4v) is 0.911. The molecule has 2 amide bonds. The molecule has 0 radical (unpaired) electrons. The highest BCUT2D eigenvalue weighted by atomic mass is 16.4. The second kappa shape index (κ2) is 8.32. The van der Waals surface area contributed by atoms with Gasteiger partial charge in [-0.15, -0.1) is 0 Å². The van der Waals surface area contributed by atoms with Crippen LogP contribution in [0.2, 0.25) is 0 Å². The normalized spacial score (nSPS) is 10.5. The van der Waals surface area contributed by atoms with Crippen molar-refractivity contribution in [2.75, 3.05) is 13.1 Å². The molecule has 0 rings (SSSR count). The summed E-state index contributed by atoms with van der Waals surface area (Å²) in [5.41, 5.74) is 0. The number of hydrogen-bond donors (Lipinski definition) is 3. The fraction of sp³-hybridized carbons (Fsp3) is 0.545. The molecule has 0 aliphatic rings. The van der Waals surface area contributed by atoms with Gasteiger partial charge >= 0.3 is 5.97 Å². The first-order valence-corrected chi connectivity index (χ1v) is 5.37. The molecule has 0 fully saturated rings. The summed E-state index contributed by atoms with van der Waals surface area (Å²) in [6.45, 7) is 4.76. The standard InChI is InChI=1S/C11H18N2O4/c1-8(2)7-13-10(15)5-6-12-9(14)3-4-11(16)17/h3-4,8H,5-7H2,1-2H3,(H,12,14)(H,13,15)(H,16,17)/b4-3+. The zero-order valence-corrected chi connectivity index (χ0v) is 10.0. The average molecular weight is 242 g/mol. The molecule has 0 aromatic rings. The summed E-state index contributed by atoms with van der Waals surface area (Å²) in [6, 6.07) is 0. The topological polar surface area (TPSA) is 95.5 Å². The van der Waals surface area contributed by atoms with Crippen LogP contribution in [-0.4, -0.2) is 36.0 Å². The van der Waals surface area contributed by atoms with Crippen molar-refractivity contribution in [3.05, 3.63) is 12.2 Å². The molecule has 0 saturated heterocycles. The van der Waals surface area contributed by atoms with Crippen LogP contribution in [0.4, 0.5) is 0 Å². The zero-order valence-electron chi connectivity index (χ0n) is 10.0. The third-order valence-corrected chi connectivity index (χ3v) is 1.74. The van der Waals surface area contributed by atoms with E-state index in [4.69, 9.17) is 5.11 Å². The number of hydrogen-bond acceptors (Lipinski definition) is 3. The molecule has 6 heteroatoms. The lowest BCUT2D eigenvalue weighted by molar-refractivity contribution is -0.131. The molecule has 0 atom stereocenters. The van der Waals surface area contributed by atoms with Gasteiger partial charge in [0.2, 0.25) is 11.8 Å². The van der Waals surface area contributed by atoms with E-state index in [1.165, 1.54) is 0 Å². The summed E-state index contributed by atoms with van der Waals surface area (Å²) in [5, 5.41) is 13.4. The summed E-state index contributed by atoms with van der Waals surface area (Å²) in [7, 11) is 0. The zero-order chi connectivity index (χ0) is 13.3. The Morgan fingerprint density at radius 2 is 1.82 bits per heavy atom. The van der Waals surface area contributed by atoms with Gasteiger partial charge in [-0.25, -0.2) is 4.79 Å². The Labute approximate surface area is 100 Å². The number of aliphatic carboxylic acids is 1. The van der Waals surface area contributed by atoms with Gasteiger partial charge in [0, 0.05) is 31.7 Å². The van der Waals surface area contributed by atoms with Crippen molar-refractivity contribution in [2.45, 2.75) is 20.3 Å². The molecule has 0 heterocycles. The van der Waals surface area contributed by atoms with Gasteiger partial charge in [0.1, 0.15) is 0 Å². The van der Waals surface area contributed by atoms with E-state index >= 15 is 0 Å². The van der Waals surface area contributed by atoms with Crippen LogP contribution in [0.25, 0.3) is 0 Å². The molecular formula is C11H18N2O4. The quantitative estimate of drug-likeness (QED) is 0.543. The predicted octanol–water partition coefficient (Wildman–Crippen LogP) is -0.0943. The fourth-order valence-electron chi connectivity index (χ4n) is 0.911. The number of amides is 2. The lowest BCUT2D eigenvalue weighted by Gasteiger charge is -2.07. The van der Waals surface area contributed by atoms with Crippen LogP contribution in [-0.2, 0) is 14.4 Å². The Balaban J connectivity index is 3.66. The first kappa shape index (κ1) is 15.2. The summed E-state index contributed by atoms with van der Waals surface area (Å²) < 4.78 is 0. The minimum absolute atomic E-state index is 0.138. The van der Waals surface area contributed by atoms with Crippen molar-refractivity contribution in [3.8, 4) is 0 Å². The molecule has 0 aromatic heterocycles. The molecule has 0 unspecified atom stereocenters. The van der Waals surface area contributed by atoms with Crippen LogP contribution in [0.5, 0.6) is 0 Å². The molecule has 0 aromatic carbocycles. The Morgan fingerprint density at radius 1 is 1.18 bits per heavy atom. The smallest absolute Gasteiger partial charge is 0.328 e. The molecule has 96 valence electrons. The van der Waals surface area contributed by atoms with Crippen molar-refractivity contribution < 1.29 is 19.5 Å². The van der Waals surface area contributed by atoms with Gasteiger partial charge in [-0.05, 0) is 5.92 Å². The number of rotatable bonds is 7. The molecular weight excluding hydrogens is 224 g/mol. The number of carboxylic acid groups (broad SMARTS) is 1. The van der Waals surface area contributed by atoms with E-state index < -0.39 is 11.9 Å². The number of carbonyl (C=O) groups excluding carboxylic acids is 2. The van der Waals surface area contributed by atoms with Crippen LogP contribution in [0.3, 0.4) is 0 Å². The SMILES string of the molecule is CC(C)CNC(=O)CCNC(=O)/C=C/C(=O)O. The largest absolute Gasteiger partial charge is 0.478 e. The molecule has 0 aliphatic heterocycles. The first-order valence-electron chi connectivity index (χ1n) is 5.37. The van der Waals surface area contributed by atoms with E-state index in [-0.39, 0.29) is 18.9 Å². The molecule has 0 saturated carbocycles. The molecule has 0 spiro atoms.